The number of aliphatic hydroxyl groups is 1. The molecule has 0 spiro atoms. The summed E-state index contributed by atoms with van der Waals surface area (Å²) in [5, 5.41) is 18.6. The van der Waals surface area contributed by atoms with Crippen molar-refractivity contribution in [3.05, 3.63) is 0 Å². The highest BCUT2D eigenvalue weighted by molar-refractivity contribution is 5.87. The van der Waals surface area contributed by atoms with E-state index in [9.17, 15) is 19.5 Å². The number of carboxylic acid groups (broad SMARTS) is 1. The molecule has 3 amide bonds. The second-order valence-electron chi connectivity index (χ2n) is 5.10. The smallest absolute Gasteiger partial charge is 0.326 e. The number of aliphatic carboxylic acids is 1. The molecule has 120 valence electrons. The zero-order chi connectivity index (χ0) is 16.2. The molecule has 21 heavy (non-hydrogen) atoms. The van der Waals surface area contributed by atoms with Crippen LogP contribution in [0.25, 0.3) is 0 Å². The molecule has 1 rings (SSSR count). The van der Waals surface area contributed by atoms with Crippen molar-refractivity contribution in [2.45, 2.75) is 32.4 Å². The molecule has 0 unspecified atom stereocenters. The van der Waals surface area contributed by atoms with E-state index in [-0.39, 0.29) is 25.4 Å². The van der Waals surface area contributed by atoms with Crippen LogP contribution in [0.5, 0.6) is 0 Å². The van der Waals surface area contributed by atoms with Gasteiger partial charge in [-0.25, -0.2) is 9.59 Å². The van der Waals surface area contributed by atoms with E-state index in [1.54, 1.807) is 4.90 Å². The second kappa shape index (κ2) is 7.26. The lowest BCUT2D eigenvalue weighted by atomic mass is 10.2. The van der Waals surface area contributed by atoms with Gasteiger partial charge in [-0.2, -0.15) is 0 Å². The molecule has 0 saturated carbocycles. The number of nitrogens with zero attached hydrogens (tertiary/aromatic N) is 3. The van der Waals surface area contributed by atoms with Gasteiger partial charge in [0.25, 0.3) is 0 Å². The van der Waals surface area contributed by atoms with Crippen LogP contribution in [-0.2, 0) is 9.59 Å². The van der Waals surface area contributed by atoms with Gasteiger partial charge in [0.2, 0.25) is 5.91 Å². The number of β-amino-alcohol motifs (C(OH)–C–C–N with tert-alkyl or cyclic N) is 1. The van der Waals surface area contributed by atoms with Gasteiger partial charge in [-0.1, -0.05) is 0 Å². The average molecular weight is 301 g/mol. The first-order chi connectivity index (χ1) is 9.81. The molecule has 8 heteroatoms. The second-order valence-corrected chi connectivity index (χ2v) is 5.10. The highest BCUT2D eigenvalue weighted by atomic mass is 16.4. The molecule has 0 aromatic rings. The van der Waals surface area contributed by atoms with Gasteiger partial charge in [-0.05, 0) is 13.8 Å². The number of aliphatic hydroxyl groups excluding tert-OH is 1. The van der Waals surface area contributed by atoms with E-state index < -0.39 is 24.1 Å². The number of carboxylic acids is 1. The average Bonchev–Trinajstić information content (AvgIpc) is 2.81. The van der Waals surface area contributed by atoms with Crippen LogP contribution in [0.1, 0.15) is 20.3 Å². The number of likely N-dealkylation sites (tertiary alicyclic amines) is 1. The van der Waals surface area contributed by atoms with Crippen molar-refractivity contribution in [3.63, 3.8) is 0 Å². The first-order valence-electron chi connectivity index (χ1n) is 7.02. The minimum Gasteiger partial charge on any atom is -0.480 e. The first kappa shape index (κ1) is 17.2. The van der Waals surface area contributed by atoms with E-state index in [1.807, 2.05) is 13.8 Å². The zero-order valence-electron chi connectivity index (χ0n) is 12.7. The Hall–Kier alpha value is -1.83. The van der Waals surface area contributed by atoms with Crippen LogP contribution >= 0.6 is 0 Å². The maximum atomic E-state index is 12.2. The van der Waals surface area contributed by atoms with Crippen molar-refractivity contribution in [1.29, 1.82) is 0 Å². The fourth-order valence-electron chi connectivity index (χ4n) is 2.43. The van der Waals surface area contributed by atoms with Gasteiger partial charge in [0.15, 0.2) is 0 Å². The summed E-state index contributed by atoms with van der Waals surface area (Å²) < 4.78 is 0. The normalized spacial score (nSPS) is 21.2. The Labute approximate surface area is 123 Å². The predicted molar refractivity (Wildman–Crippen MR) is 74.7 cm³/mol. The van der Waals surface area contributed by atoms with E-state index in [0.29, 0.717) is 13.1 Å². The van der Waals surface area contributed by atoms with E-state index in [2.05, 4.69) is 0 Å². The van der Waals surface area contributed by atoms with E-state index >= 15 is 0 Å². The Morgan fingerprint density at radius 3 is 2.29 bits per heavy atom. The molecule has 0 aliphatic carbocycles. The van der Waals surface area contributed by atoms with Crippen molar-refractivity contribution < 1.29 is 24.6 Å². The molecule has 1 aliphatic heterocycles. The predicted octanol–water partition coefficient (Wildman–Crippen LogP) is -0.574. The van der Waals surface area contributed by atoms with Crippen molar-refractivity contribution in [1.82, 2.24) is 14.7 Å². The summed E-state index contributed by atoms with van der Waals surface area (Å²) >= 11 is 0. The molecule has 1 fully saturated rings. The van der Waals surface area contributed by atoms with E-state index in [0.717, 1.165) is 4.90 Å². The summed E-state index contributed by atoms with van der Waals surface area (Å²) in [7, 11) is 1.45. The Morgan fingerprint density at radius 1 is 1.24 bits per heavy atom. The molecule has 1 saturated heterocycles. The Morgan fingerprint density at radius 2 is 1.81 bits per heavy atom. The zero-order valence-corrected chi connectivity index (χ0v) is 12.7. The minimum absolute atomic E-state index is 0.0128. The molecule has 1 heterocycles. The lowest BCUT2D eigenvalue weighted by Crippen LogP contribution is -2.49. The van der Waals surface area contributed by atoms with Crippen molar-refractivity contribution in [2.75, 3.05) is 33.2 Å². The van der Waals surface area contributed by atoms with Gasteiger partial charge in [0.05, 0.1) is 6.10 Å². The third-order valence-electron chi connectivity index (χ3n) is 3.62. The standard InChI is InChI=1S/C13H23N3O5/c1-4-15(5-2)11(18)8-14(3)13(21)16-7-9(17)6-10(16)12(19)20/h9-10,17H,4-8H2,1-3H3,(H,19,20)/t9-,10-/m0/s1. The minimum atomic E-state index is -1.15. The molecule has 0 bridgehead atoms. The van der Waals surface area contributed by atoms with Gasteiger partial charge in [0.1, 0.15) is 12.6 Å². The number of hydrogen-bond acceptors (Lipinski definition) is 4. The van der Waals surface area contributed by atoms with Gasteiger partial charge < -0.3 is 24.9 Å². The van der Waals surface area contributed by atoms with Crippen LogP contribution in [0.4, 0.5) is 4.79 Å². The van der Waals surface area contributed by atoms with Crippen LogP contribution in [0.2, 0.25) is 0 Å². The van der Waals surface area contributed by atoms with Gasteiger partial charge >= 0.3 is 12.0 Å². The van der Waals surface area contributed by atoms with Gasteiger partial charge in [-0.15, -0.1) is 0 Å². The fourth-order valence-corrected chi connectivity index (χ4v) is 2.43. The molecule has 0 radical (unpaired) electrons. The lowest BCUT2D eigenvalue weighted by molar-refractivity contribution is -0.141. The fraction of sp³-hybridized carbons (Fsp3) is 0.769. The molecular weight excluding hydrogens is 278 g/mol. The largest absolute Gasteiger partial charge is 0.480 e. The quantitative estimate of drug-likeness (QED) is 0.708. The highest BCUT2D eigenvalue weighted by Gasteiger charge is 2.40. The van der Waals surface area contributed by atoms with Gasteiger partial charge in [0, 0.05) is 33.1 Å². The van der Waals surface area contributed by atoms with E-state index in [1.165, 1.54) is 11.9 Å². The topological polar surface area (TPSA) is 101 Å². The third kappa shape index (κ3) is 4.07. The maximum Gasteiger partial charge on any atom is 0.326 e. The van der Waals surface area contributed by atoms with Crippen LogP contribution in [0, 0.1) is 0 Å². The van der Waals surface area contributed by atoms with Crippen LogP contribution in [0.15, 0.2) is 0 Å². The summed E-state index contributed by atoms with van der Waals surface area (Å²) in [6.45, 7) is 4.66. The Kier molecular flexibility index (Phi) is 5.95. The van der Waals surface area contributed by atoms with Gasteiger partial charge in [-0.3, -0.25) is 4.79 Å². The molecule has 2 N–H and O–H groups in total. The van der Waals surface area contributed by atoms with Crippen LogP contribution in [0.3, 0.4) is 0 Å². The number of likely N-dealkylation sites (N-methyl/N-ethyl adjacent to an activating group) is 2. The maximum absolute atomic E-state index is 12.2. The van der Waals surface area contributed by atoms with Crippen molar-refractivity contribution >= 4 is 17.9 Å². The van der Waals surface area contributed by atoms with Crippen LogP contribution < -0.4 is 0 Å². The first-order valence-corrected chi connectivity index (χ1v) is 7.02. The Balaban J connectivity index is 2.69. The lowest BCUT2D eigenvalue weighted by Gasteiger charge is -2.28. The number of carbonyl (C=O) groups is 3. The molecule has 8 nitrogen and oxygen atoms in total. The summed E-state index contributed by atoms with van der Waals surface area (Å²) in [4.78, 5) is 39.2. The van der Waals surface area contributed by atoms with E-state index in [4.69, 9.17) is 5.11 Å². The Bertz CT molecular complexity index is 411. The van der Waals surface area contributed by atoms with Crippen LogP contribution in [-0.4, -0.2) is 88.2 Å². The number of amides is 3. The summed E-state index contributed by atoms with van der Waals surface area (Å²) in [5.74, 6) is -1.34. The summed E-state index contributed by atoms with van der Waals surface area (Å²) in [6, 6.07) is -1.60. The SMILES string of the molecule is CCN(CC)C(=O)CN(C)C(=O)N1C[C@@H](O)C[C@H]1C(=O)O. The molecule has 1 aliphatic rings. The molecule has 0 aromatic carbocycles. The number of urea groups is 1. The summed E-state index contributed by atoms with van der Waals surface area (Å²) in [5.41, 5.74) is 0. The molecular formula is C13H23N3O5. The summed E-state index contributed by atoms with van der Waals surface area (Å²) in [6.07, 6.45) is -0.833. The number of hydrogen-bond donors (Lipinski definition) is 2. The van der Waals surface area contributed by atoms with Crippen molar-refractivity contribution in [2.24, 2.45) is 0 Å². The third-order valence-corrected chi connectivity index (χ3v) is 3.62. The molecule has 2 atom stereocenters. The number of carbonyl (C=O) groups excluding carboxylic acids is 2. The van der Waals surface area contributed by atoms with Crippen molar-refractivity contribution in [3.8, 4) is 0 Å². The number of rotatable bonds is 5. The monoisotopic (exact) mass is 301 g/mol. The molecule has 0 aromatic heterocycles. The highest BCUT2D eigenvalue weighted by Crippen LogP contribution is 2.19.